The quantitative estimate of drug-likeness (QED) is 0.271. The number of benzene rings is 3. The van der Waals surface area contributed by atoms with Crippen LogP contribution in [-0.4, -0.2) is 17.5 Å². The molecule has 0 N–H and O–H groups in total. The van der Waals surface area contributed by atoms with Crippen LogP contribution in [0.1, 0.15) is 17.2 Å². The van der Waals surface area contributed by atoms with Crippen LogP contribution < -0.4 is 4.74 Å². The number of nitrogens with zero attached hydrogens (tertiary/aromatic N) is 1. The van der Waals surface area contributed by atoms with Crippen molar-refractivity contribution in [1.82, 2.24) is 0 Å². The first kappa shape index (κ1) is 18.3. The fourth-order valence-electron chi connectivity index (χ4n) is 2.61. The van der Waals surface area contributed by atoms with Crippen LogP contribution in [0.4, 0.5) is 5.69 Å². The van der Waals surface area contributed by atoms with Crippen LogP contribution in [-0.2, 0) is 9.53 Å². The molecular formula is C21H17NO5. The topological polar surface area (TPSA) is 78.7 Å². The Hall–Kier alpha value is -3.51. The molecule has 3 aromatic rings. The van der Waals surface area contributed by atoms with Gasteiger partial charge in [0.25, 0.3) is 5.69 Å². The van der Waals surface area contributed by atoms with Gasteiger partial charge in [-0.25, -0.2) is 4.79 Å². The summed E-state index contributed by atoms with van der Waals surface area (Å²) < 4.78 is 11.0. The van der Waals surface area contributed by atoms with E-state index >= 15 is 0 Å². The van der Waals surface area contributed by atoms with Gasteiger partial charge < -0.3 is 9.47 Å². The molecular weight excluding hydrogens is 346 g/mol. The highest BCUT2D eigenvalue weighted by molar-refractivity contribution is 5.73. The molecule has 0 aliphatic rings. The molecule has 0 saturated carbocycles. The molecule has 0 unspecified atom stereocenters. The zero-order chi connectivity index (χ0) is 19.1. The van der Waals surface area contributed by atoms with Crippen molar-refractivity contribution in [3.05, 3.63) is 106 Å². The number of nitro groups is 1. The van der Waals surface area contributed by atoms with Gasteiger partial charge in [0.05, 0.1) is 11.0 Å². The predicted octanol–water partition coefficient (Wildman–Crippen LogP) is 4.31. The molecule has 0 amide bonds. The molecule has 0 bridgehead atoms. The van der Waals surface area contributed by atoms with Gasteiger partial charge in [0.1, 0.15) is 18.5 Å². The van der Waals surface area contributed by atoms with Gasteiger partial charge in [-0.1, -0.05) is 66.7 Å². The van der Waals surface area contributed by atoms with E-state index in [0.717, 1.165) is 11.1 Å². The molecule has 3 rings (SSSR count). The summed E-state index contributed by atoms with van der Waals surface area (Å²) in [6.07, 6.45) is -0.426. The Morgan fingerprint density at radius 2 is 1.48 bits per heavy atom. The normalized spacial score (nSPS) is 10.6. The Morgan fingerprint density at radius 3 is 2.04 bits per heavy atom. The van der Waals surface area contributed by atoms with E-state index in [1.54, 1.807) is 0 Å². The lowest BCUT2D eigenvalue weighted by molar-refractivity contribution is -0.384. The highest BCUT2D eigenvalue weighted by Crippen LogP contribution is 2.26. The lowest BCUT2D eigenvalue weighted by Crippen LogP contribution is -2.18. The minimum Gasteiger partial charge on any atom is -0.425 e. The first-order chi connectivity index (χ1) is 13.1. The minimum atomic E-state index is -0.632. The van der Waals surface area contributed by atoms with Crippen LogP contribution in [0.15, 0.2) is 84.9 Å². The van der Waals surface area contributed by atoms with Crippen molar-refractivity contribution in [3.63, 3.8) is 0 Å². The predicted molar refractivity (Wildman–Crippen MR) is 99.4 cm³/mol. The summed E-state index contributed by atoms with van der Waals surface area (Å²) >= 11 is 0. The van der Waals surface area contributed by atoms with E-state index < -0.39 is 17.0 Å². The van der Waals surface area contributed by atoms with Gasteiger partial charge in [0, 0.05) is 6.07 Å². The zero-order valence-corrected chi connectivity index (χ0v) is 14.4. The van der Waals surface area contributed by atoms with Crippen molar-refractivity contribution in [2.24, 2.45) is 0 Å². The molecule has 6 heteroatoms. The third-order valence-electron chi connectivity index (χ3n) is 3.83. The van der Waals surface area contributed by atoms with Gasteiger partial charge in [-0.05, 0) is 17.2 Å². The molecule has 0 aliphatic carbocycles. The third-order valence-corrected chi connectivity index (χ3v) is 3.83. The van der Waals surface area contributed by atoms with Crippen molar-refractivity contribution >= 4 is 11.7 Å². The maximum absolute atomic E-state index is 12.1. The summed E-state index contributed by atoms with van der Waals surface area (Å²) in [5.41, 5.74) is 1.67. The van der Waals surface area contributed by atoms with Crippen molar-refractivity contribution in [2.45, 2.75) is 6.10 Å². The Labute approximate surface area is 156 Å². The summed E-state index contributed by atoms with van der Waals surface area (Å²) in [5.74, 6) is -0.527. The lowest BCUT2D eigenvalue weighted by Gasteiger charge is -2.18. The minimum absolute atomic E-state index is 0.105. The Kier molecular flexibility index (Phi) is 5.91. The van der Waals surface area contributed by atoms with Crippen LogP contribution in [0.25, 0.3) is 0 Å². The fraction of sp³-hybridized carbons (Fsp3) is 0.0952. The fourth-order valence-corrected chi connectivity index (χ4v) is 2.61. The summed E-state index contributed by atoms with van der Waals surface area (Å²) in [7, 11) is 0. The van der Waals surface area contributed by atoms with Crippen molar-refractivity contribution in [3.8, 4) is 5.75 Å². The van der Waals surface area contributed by atoms with Crippen molar-refractivity contribution in [2.75, 3.05) is 6.61 Å². The SMILES string of the molecule is O=C(COC(c1ccccc1)c1ccccc1)Oc1cccc([N+](=O)[O-])c1. The van der Waals surface area contributed by atoms with E-state index in [-0.39, 0.29) is 18.0 Å². The monoisotopic (exact) mass is 363 g/mol. The highest BCUT2D eigenvalue weighted by atomic mass is 16.6. The number of ether oxygens (including phenoxy) is 2. The summed E-state index contributed by atoms with van der Waals surface area (Å²) in [6.45, 7) is -0.294. The summed E-state index contributed by atoms with van der Waals surface area (Å²) in [5, 5.41) is 10.8. The van der Waals surface area contributed by atoms with Crippen LogP contribution >= 0.6 is 0 Å². The second-order valence-corrected chi connectivity index (χ2v) is 5.74. The molecule has 0 aliphatic heterocycles. The molecule has 0 spiro atoms. The molecule has 0 radical (unpaired) electrons. The summed E-state index contributed by atoms with van der Waals surface area (Å²) in [6, 6.07) is 24.6. The van der Waals surface area contributed by atoms with Gasteiger partial charge in [-0.3, -0.25) is 10.1 Å². The van der Waals surface area contributed by atoms with Crippen LogP contribution in [0.3, 0.4) is 0 Å². The van der Waals surface area contributed by atoms with Gasteiger partial charge in [-0.15, -0.1) is 0 Å². The smallest absolute Gasteiger partial charge is 0.337 e. The van der Waals surface area contributed by atoms with Gasteiger partial charge in [0.2, 0.25) is 0 Å². The van der Waals surface area contributed by atoms with E-state index in [1.165, 1.54) is 24.3 Å². The van der Waals surface area contributed by atoms with E-state index in [2.05, 4.69) is 0 Å². The molecule has 0 saturated heterocycles. The Morgan fingerprint density at radius 1 is 0.889 bits per heavy atom. The number of esters is 1. The lowest BCUT2D eigenvalue weighted by atomic mass is 10.0. The molecule has 0 heterocycles. The first-order valence-corrected chi connectivity index (χ1v) is 8.30. The van der Waals surface area contributed by atoms with Gasteiger partial charge in [-0.2, -0.15) is 0 Å². The van der Waals surface area contributed by atoms with Crippen molar-refractivity contribution < 1.29 is 19.2 Å². The average molecular weight is 363 g/mol. The number of hydrogen-bond donors (Lipinski definition) is 0. The number of non-ortho nitro benzene ring substituents is 1. The van der Waals surface area contributed by atoms with Gasteiger partial charge in [0.15, 0.2) is 0 Å². The Bertz CT molecular complexity index is 873. The second-order valence-electron chi connectivity index (χ2n) is 5.74. The standard InChI is InChI=1S/C21H17NO5/c23-20(27-19-13-7-12-18(14-19)22(24)25)15-26-21(16-8-3-1-4-9-16)17-10-5-2-6-11-17/h1-14,21H,15H2. The zero-order valence-electron chi connectivity index (χ0n) is 14.4. The van der Waals surface area contributed by atoms with Crippen LogP contribution in [0.2, 0.25) is 0 Å². The number of carbonyl (C=O) groups is 1. The Balaban J connectivity index is 1.69. The van der Waals surface area contributed by atoms with E-state index in [0.29, 0.717) is 0 Å². The van der Waals surface area contributed by atoms with Gasteiger partial charge >= 0.3 is 5.97 Å². The van der Waals surface area contributed by atoms with Crippen molar-refractivity contribution in [1.29, 1.82) is 0 Å². The number of hydrogen-bond acceptors (Lipinski definition) is 5. The van der Waals surface area contributed by atoms with E-state index in [4.69, 9.17) is 9.47 Å². The molecule has 0 fully saturated rings. The largest absolute Gasteiger partial charge is 0.425 e. The number of rotatable bonds is 7. The molecule has 27 heavy (non-hydrogen) atoms. The van der Waals surface area contributed by atoms with E-state index in [9.17, 15) is 14.9 Å². The third kappa shape index (κ3) is 4.99. The molecule has 0 aromatic heterocycles. The molecule has 6 nitrogen and oxygen atoms in total. The highest BCUT2D eigenvalue weighted by Gasteiger charge is 2.17. The molecule has 3 aromatic carbocycles. The first-order valence-electron chi connectivity index (χ1n) is 8.30. The number of carbonyl (C=O) groups excluding carboxylic acids is 1. The van der Waals surface area contributed by atoms with Crippen LogP contribution in [0, 0.1) is 10.1 Å². The number of nitro benzene ring substituents is 1. The van der Waals surface area contributed by atoms with E-state index in [1.807, 2.05) is 60.7 Å². The maximum Gasteiger partial charge on any atom is 0.337 e. The maximum atomic E-state index is 12.1. The second kappa shape index (κ2) is 8.73. The summed E-state index contributed by atoms with van der Waals surface area (Å²) in [4.78, 5) is 22.4. The van der Waals surface area contributed by atoms with Crippen LogP contribution in [0.5, 0.6) is 5.75 Å². The average Bonchev–Trinajstić information content (AvgIpc) is 2.70. The molecule has 0 atom stereocenters. The molecule has 136 valence electrons.